The highest BCUT2D eigenvalue weighted by atomic mass is 16.6. The summed E-state index contributed by atoms with van der Waals surface area (Å²) in [6.45, 7) is 13.6. The number of ether oxygens (including phenoxy) is 1. The van der Waals surface area contributed by atoms with Gasteiger partial charge in [0, 0.05) is 25.0 Å². The Bertz CT molecular complexity index is 1290. The first kappa shape index (κ1) is 26.7. The van der Waals surface area contributed by atoms with Crippen molar-refractivity contribution in [2.45, 2.75) is 54.1 Å². The summed E-state index contributed by atoms with van der Waals surface area (Å²) in [6.07, 6.45) is 0.961. The number of aromatic nitrogens is 2. The zero-order valence-corrected chi connectivity index (χ0v) is 21.8. The second-order valence-corrected chi connectivity index (χ2v) is 10.5. The van der Waals surface area contributed by atoms with E-state index in [4.69, 9.17) is 9.15 Å². The summed E-state index contributed by atoms with van der Waals surface area (Å²) in [5, 5.41) is 2.76. The number of fused-ring (bicyclic) bond motifs is 1. The molecule has 0 spiro atoms. The van der Waals surface area contributed by atoms with Gasteiger partial charge in [-0.3, -0.25) is 10.2 Å². The van der Waals surface area contributed by atoms with Gasteiger partial charge in [0.05, 0.1) is 10.9 Å². The Labute approximate surface area is 210 Å². The van der Waals surface area contributed by atoms with Crippen LogP contribution >= 0.6 is 0 Å². The molecule has 0 aliphatic carbocycles. The van der Waals surface area contributed by atoms with Gasteiger partial charge in [0.1, 0.15) is 11.4 Å². The zero-order chi connectivity index (χ0) is 26.7. The lowest BCUT2D eigenvalue weighted by Crippen LogP contribution is -2.47. The number of carbonyl (C=O) groups excluding carboxylic acids is 2. The number of carbonyl (C=O) groups is 2. The van der Waals surface area contributed by atoms with Gasteiger partial charge in [-0.2, -0.15) is 4.98 Å². The molecule has 2 heterocycles. The van der Waals surface area contributed by atoms with Crippen molar-refractivity contribution in [2.75, 3.05) is 28.2 Å². The summed E-state index contributed by atoms with van der Waals surface area (Å²) in [5.74, 6) is 0.477. The van der Waals surface area contributed by atoms with E-state index in [2.05, 4.69) is 15.3 Å². The van der Waals surface area contributed by atoms with Crippen LogP contribution in [0, 0.1) is 5.41 Å². The van der Waals surface area contributed by atoms with Crippen molar-refractivity contribution < 1.29 is 18.7 Å². The predicted octanol–water partition coefficient (Wildman–Crippen LogP) is 5.43. The molecule has 2 aromatic heterocycles. The molecule has 0 fully saturated rings. The lowest BCUT2D eigenvalue weighted by Gasteiger charge is -2.31. The number of rotatable bonds is 5. The van der Waals surface area contributed by atoms with Crippen LogP contribution in [-0.4, -0.2) is 40.8 Å². The molecule has 0 radical (unpaired) electrons. The number of urea groups is 1. The van der Waals surface area contributed by atoms with Gasteiger partial charge in [0.15, 0.2) is 0 Å². The fourth-order valence-corrected chi connectivity index (χ4v) is 3.42. The Hall–Kier alpha value is -3.95. The lowest BCUT2D eigenvalue weighted by molar-refractivity contribution is 0.0636. The number of hydrogen-bond donors (Lipinski definition) is 1. The Balaban J connectivity index is 1.99. The SMILES string of the molecule is CCN(C(=O)N(CC(C)(C)C)c1nc2ccc(NC(=O)OC(C)(C)C)cc2c(=O)o1)c1ccccn1. The first-order chi connectivity index (χ1) is 16.8. The van der Waals surface area contributed by atoms with E-state index in [0.29, 0.717) is 23.6 Å². The van der Waals surface area contributed by atoms with Crippen molar-refractivity contribution in [3.8, 4) is 0 Å². The highest BCUT2D eigenvalue weighted by Crippen LogP contribution is 2.25. The van der Waals surface area contributed by atoms with E-state index in [1.807, 2.05) is 27.7 Å². The van der Waals surface area contributed by atoms with Crippen molar-refractivity contribution in [3.05, 3.63) is 53.0 Å². The Morgan fingerprint density at radius 1 is 1.06 bits per heavy atom. The van der Waals surface area contributed by atoms with Gasteiger partial charge >= 0.3 is 23.8 Å². The van der Waals surface area contributed by atoms with Crippen LogP contribution in [0.2, 0.25) is 0 Å². The van der Waals surface area contributed by atoms with E-state index in [1.165, 1.54) is 15.9 Å². The van der Waals surface area contributed by atoms with Crippen molar-refractivity contribution in [3.63, 3.8) is 0 Å². The third-order valence-electron chi connectivity index (χ3n) is 4.83. The van der Waals surface area contributed by atoms with E-state index in [-0.39, 0.29) is 23.4 Å². The minimum Gasteiger partial charge on any atom is -0.444 e. The summed E-state index contributed by atoms with van der Waals surface area (Å²) in [5.41, 5.74) is -0.996. The molecule has 0 unspecified atom stereocenters. The number of nitrogens with one attached hydrogen (secondary N) is 1. The standard InChI is InChI=1S/C26H33N5O5/c1-8-30(20-11-9-10-14-27-20)24(34)31(16-25(2,3)4)22-29-19-13-12-17(15-18(19)21(32)35-22)28-23(33)36-26(5,6)7/h9-15H,8,16H2,1-7H3,(H,28,33). The first-order valence-electron chi connectivity index (χ1n) is 11.7. The second kappa shape index (κ2) is 10.3. The molecule has 1 aromatic carbocycles. The number of nitrogens with zero attached hydrogens (tertiary/aromatic N) is 4. The van der Waals surface area contributed by atoms with Crippen molar-refractivity contribution >= 4 is 40.5 Å². The third-order valence-corrected chi connectivity index (χ3v) is 4.83. The van der Waals surface area contributed by atoms with Crippen molar-refractivity contribution in [1.82, 2.24) is 9.97 Å². The third kappa shape index (κ3) is 6.80. The number of pyridine rings is 1. The smallest absolute Gasteiger partial charge is 0.412 e. The highest BCUT2D eigenvalue weighted by molar-refractivity contribution is 6.02. The number of anilines is 3. The molecule has 0 atom stereocenters. The predicted molar refractivity (Wildman–Crippen MR) is 140 cm³/mol. The summed E-state index contributed by atoms with van der Waals surface area (Å²) in [7, 11) is 0. The van der Waals surface area contributed by atoms with E-state index in [1.54, 1.807) is 57.3 Å². The first-order valence-corrected chi connectivity index (χ1v) is 11.7. The normalized spacial score (nSPS) is 11.8. The fraction of sp³-hybridized carbons (Fsp3) is 0.423. The second-order valence-electron chi connectivity index (χ2n) is 10.5. The Morgan fingerprint density at radius 3 is 2.36 bits per heavy atom. The summed E-state index contributed by atoms with van der Waals surface area (Å²) < 4.78 is 10.8. The number of hydrogen-bond acceptors (Lipinski definition) is 7. The maximum Gasteiger partial charge on any atom is 0.412 e. The van der Waals surface area contributed by atoms with Gasteiger partial charge in [-0.15, -0.1) is 0 Å². The molecule has 3 aromatic rings. The highest BCUT2D eigenvalue weighted by Gasteiger charge is 2.30. The maximum atomic E-state index is 13.6. The van der Waals surface area contributed by atoms with E-state index < -0.39 is 23.4 Å². The number of benzene rings is 1. The fourth-order valence-electron chi connectivity index (χ4n) is 3.42. The molecule has 10 heteroatoms. The van der Waals surface area contributed by atoms with Crippen LogP contribution in [0.4, 0.5) is 27.1 Å². The van der Waals surface area contributed by atoms with Gasteiger partial charge in [-0.05, 0) is 63.4 Å². The van der Waals surface area contributed by atoms with Crippen LogP contribution in [0.5, 0.6) is 0 Å². The molecule has 0 aliphatic rings. The molecular formula is C26H33N5O5. The molecule has 1 N–H and O–H groups in total. The van der Waals surface area contributed by atoms with Crippen molar-refractivity contribution in [2.24, 2.45) is 5.41 Å². The minimum atomic E-state index is -0.685. The molecule has 0 saturated carbocycles. The molecule has 3 amide bonds. The number of amides is 3. The molecule has 0 saturated heterocycles. The van der Waals surface area contributed by atoms with Crippen LogP contribution < -0.4 is 20.7 Å². The van der Waals surface area contributed by atoms with Crippen LogP contribution in [-0.2, 0) is 4.74 Å². The van der Waals surface area contributed by atoms with E-state index in [0.717, 1.165) is 0 Å². The zero-order valence-electron chi connectivity index (χ0n) is 21.8. The quantitative estimate of drug-likeness (QED) is 0.501. The van der Waals surface area contributed by atoms with Crippen molar-refractivity contribution in [1.29, 1.82) is 0 Å². The van der Waals surface area contributed by atoms with Gasteiger partial charge in [-0.1, -0.05) is 26.8 Å². The van der Waals surface area contributed by atoms with Gasteiger partial charge in [-0.25, -0.2) is 24.3 Å². The summed E-state index contributed by atoms with van der Waals surface area (Å²) in [6, 6.07) is 9.42. The van der Waals surface area contributed by atoms with Crippen LogP contribution in [0.1, 0.15) is 48.5 Å². The monoisotopic (exact) mass is 495 g/mol. The average Bonchev–Trinajstić information content (AvgIpc) is 2.77. The van der Waals surface area contributed by atoms with Gasteiger partial charge < -0.3 is 9.15 Å². The molecule has 0 aliphatic heterocycles. The molecule has 0 bridgehead atoms. The lowest BCUT2D eigenvalue weighted by atomic mass is 9.96. The molecule has 192 valence electrons. The summed E-state index contributed by atoms with van der Waals surface area (Å²) >= 11 is 0. The topological polar surface area (TPSA) is 118 Å². The molecule has 36 heavy (non-hydrogen) atoms. The molecule has 10 nitrogen and oxygen atoms in total. The summed E-state index contributed by atoms with van der Waals surface area (Å²) in [4.78, 5) is 50.3. The van der Waals surface area contributed by atoms with Crippen LogP contribution in [0.25, 0.3) is 10.9 Å². The molecular weight excluding hydrogens is 462 g/mol. The largest absolute Gasteiger partial charge is 0.444 e. The average molecular weight is 496 g/mol. The van der Waals surface area contributed by atoms with Crippen LogP contribution in [0.15, 0.2) is 51.8 Å². The molecule has 3 rings (SSSR count). The van der Waals surface area contributed by atoms with E-state index in [9.17, 15) is 14.4 Å². The van der Waals surface area contributed by atoms with Gasteiger partial charge in [0.25, 0.3) is 0 Å². The minimum absolute atomic E-state index is 0.116. The van der Waals surface area contributed by atoms with E-state index >= 15 is 0 Å². The maximum absolute atomic E-state index is 13.6. The Morgan fingerprint density at radius 2 is 1.78 bits per heavy atom. The van der Waals surface area contributed by atoms with Gasteiger partial charge in [0.2, 0.25) is 0 Å². The Kier molecular flexibility index (Phi) is 7.66. The van der Waals surface area contributed by atoms with Crippen LogP contribution in [0.3, 0.4) is 0 Å².